The number of amides is 3. The van der Waals surface area contributed by atoms with Gasteiger partial charge in [-0.05, 0) is 24.5 Å². The molecule has 6 N–H and O–H groups in total. The Morgan fingerprint density at radius 3 is 2.59 bits per heavy atom. The van der Waals surface area contributed by atoms with Crippen molar-refractivity contribution in [2.45, 2.75) is 44.4 Å². The Morgan fingerprint density at radius 2 is 1.91 bits per heavy atom. The number of H-pyrrole nitrogens is 1. The first-order valence-electron chi connectivity index (χ1n) is 10.4. The number of para-hydroxylation sites is 1. The van der Waals surface area contributed by atoms with E-state index in [4.69, 9.17) is 10.1 Å². The molecular formula is C22H31N5O5. The lowest BCUT2D eigenvalue weighted by molar-refractivity contribution is -0.132. The fraction of sp³-hybridized carbons (Fsp3) is 0.455. The zero-order valence-electron chi connectivity index (χ0n) is 18.3. The molecule has 32 heavy (non-hydrogen) atoms. The Morgan fingerprint density at radius 1 is 1.16 bits per heavy atom. The summed E-state index contributed by atoms with van der Waals surface area (Å²) in [4.78, 5) is 40.5. The molecule has 1 unspecified atom stereocenters. The predicted molar refractivity (Wildman–Crippen MR) is 120 cm³/mol. The van der Waals surface area contributed by atoms with Crippen LogP contribution in [0.2, 0.25) is 0 Å². The van der Waals surface area contributed by atoms with Crippen LogP contribution in [0.15, 0.2) is 30.5 Å². The second-order valence-electron chi connectivity index (χ2n) is 7.47. The van der Waals surface area contributed by atoms with Crippen molar-refractivity contribution in [3.8, 4) is 0 Å². The molecule has 0 aliphatic heterocycles. The number of hydrogen-bond acceptors (Lipinski definition) is 6. The molecule has 0 spiro atoms. The van der Waals surface area contributed by atoms with Crippen molar-refractivity contribution in [3.05, 3.63) is 36.0 Å². The number of methoxy groups -OCH3 is 1. The third-order valence-electron chi connectivity index (χ3n) is 4.97. The van der Waals surface area contributed by atoms with Crippen molar-refractivity contribution in [3.63, 3.8) is 0 Å². The van der Waals surface area contributed by atoms with Crippen molar-refractivity contribution >= 4 is 34.8 Å². The van der Waals surface area contributed by atoms with E-state index in [9.17, 15) is 19.5 Å². The first-order valence-corrected chi connectivity index (χ1v) is 10.4. The summed E-state index contributed by atoms with van der Waals surface area (Å²) < 4.78 is 4.92. The molecule has 10 nitrogen and oxygen atoms in total. The lowest BCUT2D eigenvalue weighted by atomic mass is 10.0. The molecule has 0 radical (unpaired) electrons. The summed E-state index contributed by atoms with van der Waals surface area (Å²) in [5.74, 6) is -1.31. The minimum atomic E-state index is -1.02. The smallest absolute Gasteiger partial charge is 0.243 e. The number of carbonyl (C=O) groups is 3. The van der Waals surface area contributed by atoms with Gasteiger partial charge in [0.05, 0.1) is 12.7 Å². The third kappa shape index (κ3) is 7.47. The van der Waals surface area contributed by atoms with Gasteiger partial charge < -0.3 is 36.2 Å². The minimum absolute atomic E-state index is 0.124. The van der Waals surface area contributed by atoms with Crippen LogP contribution < -0.4 is 16.0 Å². The molecular weight excluding hydrogens is 414 g/mol. The van der Waals surface area contributed by atoms with Crippen LogP contribution in [0.4, 0.5) is 0 Å². The molecule has 0 aliphatic rings. The zero-order chi connectivity index (χ0) is 23.5. The minimum Gasteiger partial charge on any atom is -0.387 e. The van der Waals surface area contributed by atoms with E-state index in [1.54, 1.807) is 6.20 Å². The second-order valence-corrected chi connectivity index (χ2v) is 7.47. The molecule has 0 bridgehead atoms. The van der Waals surface area contributed by atoms with Gasteiger partial charge in [0.15, 0.2) is 0 Å². The average molecular weight is 446 g/mol. The number of aromatic amines is 1. The molecule has 2 aromatic rings. The number of nitrogens with one attached hydrogen (secondary N) is 5. The number of rotatable bonds is 13. The number of aromatic nitrogens is 1. The van der Waals surface area contributed by atoms with Crippen LogP contribution in [-0.4, -0.2) is 72.5 Å². The lowest BCUT2D eigenvalue weighted by Gasteiger charge is -2.23. The van der Waals surface area contributed by atoms with Gasteiger partial charge in [-0.15, -0.1) is 0 Å². The summed E-state index contributed by atoms with van der Waals surface area (Å²) in [6.45, 7) is 1.90. The Bertz CT molecular complexity index is 928. The summed E-state index contributed by atoms with van der Waals surface area (Å²) in [5, 5.41) is 25.8. The van der Waals surface area contributed by atoms with Gasteiger partial charge in [0.1, 0.15) is 12.1 Å². The van der Waals surface area contributed by atoms with Crippen LogP contribution in [0, 0.1) is 5.41 Å². The highest BCUT2D eigenvalue weighted by molar-refractivity contribution is 5.92. The number of carbonyl (C=O) groups excluding carboxylic acids is 3. The highest BCUT2D eigenvalue weighted by atomic mass is 16.5. The summed E-state index contributed by atoms with van der Waals surface area (Å²) in [6, 6.07) is 5.80. The number of hydrogen-bond donors (Lipinski definition) is 6. The van der Waals surface area contributed by atoms with Gasteiger partial charge in [0.2, 0.25) is 17.7 Å². The maximum absolute atomic E-state index is 13.1. The van der Waals surface area contributed by atoms with E-state index >= 15 is 0 Å². The van der Waals surface area contributed by atoms with Crippen molar-refractivity contribution in [1.29, 1.82) is 5.41 Å². The van der Waals surface area contributed by atoms with Gasteiger partial charge in [0, 0.05) is 50.3 Å². The average Bonchev–Trinajstić information content (AvgIpc) is 3.18. The Kier molecular flexibility index (Phi) is 9.83. The molecule has 2 rings (SSSR count). The van der Waals surface area contributed by atoms with Crippen LogP contribution >= 0.6 is 0 Å². The Labute approximate surface area is 186 Å². The van der Waals surface area contributed by atoms with Crippen LogP contribution in [0.5, 0.6) is 0 Å². The monoisotopic (exact) mass is 445 g/mol. The van der Waals surface area contributed by atoms with Gasteiger partial charge >= 0.3 is 0 Å². The molecule has 0 saturated heterocycles. The molecule has 10 heteroatoms. The van der Waals surface area contributed by atoms with E-state index in [0.29, 0.717) is 6.61 Å². The number of aliphatic hydroxyl groups excluding tert-OH is 1. The number of ether oxygens (including phenoxy) is 1. The highest BCUT2D eigenvalue weighted by Crippen LogP contribution is 2.19. The van der Waals surface area contributed by atoms with Crippen LogP contribution in [0.3, 0.4) is 0 Å². The molecule has 0 saturated carbocycles. The van der Waals surface area contributed by atoms with Crippen molar-refractivity contribution in [1.82, 2.24) is 20.9 Å². The van der Waals surface area contributed by atoms with Crippen molar-refractivity contribution < 1.29 is 24.2 Å². The maximum Gasteiger partial charge on any atom is 0.243 e. The van der Waals surface area contributed by atoms with Gasteiger partial charge in [-0.2, -0.15) is 0 Å². The van der Waals surface area contributed by atoms with Gasteiger partial charge in [-0.1, -0.05) is 18.2 Å². The topological polar surface area (TPSA) is 156 Å². The largest absolute Gasteiger partial charge is 0.387 e. The molecule has 1 heterocycles. The molecule has 174 valence electrons. The molecule has 1 aromatic carbocycles. The van der Waals surface area contributed by atoms with E-state index in [1.807, 2.05) is 24.3 Å². The van der Waals surface area contributed by atoms with Gasteiger partial charge in [-0.3, -0.25) is 14.4 Å². The standard InChI is InChI=1S/C22H31N5O5/c1-14(28)26-20(11-15-13-25-18-6-4-3-5-17(15)18)22(31)27-19(8-7-16(29)12-23)21(30)24-9-10-32-2/h3-6,12-13,16,19-20,23,25,29H,7-11H2,1-2H3,(H,24,30)(H,26,28)(H,27,31)/t16?,19-,20-/m0/s1. The SMILES string of the molecule is COCCNC(=O)[C@H](CCC(O)C=N)NC(=O)[C@H](Cc1c[nH]c2ccccc12)NC(C)=O. The van der Waals surface area contributed by atoms with Crippen LogP contribution in [0.25, 0.3) is 10.9 Å². The molecule has 0 aliphatic carbocycles. The van der Waals surface area contributed by atoms with E-state index in [-0.39, 0.29) is 31.7 Å². The highest BCUT2D eigenvalue weighted by Gasteiger charge is 2.27. The Hall–Kier alpha value is -3.24. The molecule has 0 fully saturated rings. The first kappa shape index (κ1) is 25.0. The fourth-order valence-corrected chi connectivity index (χ4v) is 3.34. The normalized spacial score (nSPS) is 13.7. The van der Waals surface area contributed by atoms with E-state index < -0.39 is 30.0 Å². The summed E-state index contributed by atoms with van der Waals surface area (Å²) in [6.07, 6.45) is 2.14. The zero-order valence-corrected chi connectivity index (χ0v) is 18.3. The van der Waals surface area contributed by atoms with Crippen molar-refractivity contribution in [2.75, 3.05) is 20.3 Å². The fourth-order valence-electron chi connectivity index (χ4n) is 3.34. The quantitative estimate of drug-likeness (QED) is 0.193. The number of benzene rings is 1. The number of fused-ring (bicyclic) bond motifs is 1. The Balaban J connectivity index is 2.15. The third-order valence-corrected chi connectivity index (χ3v) is 4.97. The van der Waals surface area contributed by atoms with E-state index in [0.717, 1.165) is 22.7 Å². The van der Waals surface area contributed by atoms with Crippen LogP contribution in [-0.2, 0) is 25.5 Å². The number of aliphatic hydroxyl groups is 1. The lowest BCUT2D eigenvalue weighted by Crippen LogP contribution is -2.54. The second kappa shape index (κ2) is 12.6. The first-order chi connectivity index (χ1) is 15.3. The van der Waals surface area contributed by atoms with Gasteiger partial charge in [0.25, 0.3) is 0 Å². The van der Waals surface area contributed by atoms with Crippen LogP contribution in [0.1, 0.15) is 25.3 Å². The summed E-state index contributed by atoms with van der Waals surface area (Å²) in [5.41, 5.74) is 1.77. The summed E-state index contributed by atoms with van der Waals surface area (Å²) in [7, 11) is 1.51. The van der Waals surface area contributed by atoms with E-state index in [2.05, 4.69) is 20.9 Å². The molecule has 3 atom stereocenters. The molecule has 3 amide bonds. The van der Waals surface area contributed by atoms with Crippen molar-refractivity contribution in [2.24, 2.45) is 0 Å². The van der Waals surface area contributed by atoms with Gasteiger partial charge in [-0.25, -0.2) is 0 Å². The summed E-state index contributed by atoms with van der Waals surface area (Å²) >= 11 is 0. The maximum atomic E-state index is 13.1. The van der Waals surface area contributed by atoms with E-state index in [1.165, 1.54) is 14.0 Å². The predicted octanol–water partition coefficient (Wildman–Crippen LogP) is 0.253. The molecule has 1 aromatic heterocycles.